The molecular formula is C21H30N4O. The van der Waals surface area contributed by atoms with Crippen LogP contribution < -0.4 is 10.9 Å². The van der Waals surface area contributed by atoms with E-state index in [1.54, 1.807) is 0 Å². The summed E-state index contributed by atoms with van der Waals surface area (Å²) in [5, 5.41) is 0. The van der Waals surface area contributed by atoms with Crippen LogP contribution in [0, 0.1) is 5.92 Å². The van der Waals surface area contributed by atoms with Gasteiger partial charge in [-0.1, -0.05) is 24.3 Å². The van der Waals surface area contributed by atoms with Gasteiger partial charge in [0.15, 0.2) is 0 Å². The van der Waals surface area contributed by atoms with E-state index in [4.69, 9.17) is 0 Å². The Hall–Kier alpha value is -1.43. The molecule has 140 valence electrons. The molecule has 1 amide bonds. The van der Waals surface area contributed by atoms with Gasteiger partial charge >= 0.3 is 0 Å². The van der Waals surface area contributed by atoms with Crippen LogP contribution in [-0.2, 0) is 17.8 Å². The average molecular weight is 354 g/mol. The van der Waals surface area contributed by atoms with Crippen molar-refractivity contribution in [3.8, 4) is 0 Å². The van der Waals surface area contributed by atoms with Crippen molar-refractivity contribution in [1.82, 2.24) is 20.7 Å². The minimum absolute atomic E-state index is 0.0148. The molecule has 2 N–H and O–H groups in total. The van der Waals surface area contributed by atoms with Gasteiger partial charge in [-0.05, 0) is 55.6 Å². The maximum atomic E-state index is 12.8. The van der Waals surface area contributed by atoms with Gasteiger partial charge in [0.2, 0.25) is 5.91 Å². The Balaban J connectivity index is 1.14. The van der Waals surface area contributed by atoms with Crippen LogP contribution in [0.2, 0.25) is 0 Å². The monoisotopic (exact) mass is 354 g/mol. The molecule has 3 fully saturated rings. The number of amides is 1. The van der Waals surface area contributed by atoms with Crippen LogP contribution in [0.25, 0.3) is 0 Å². The van der Waals surface area contributed by atoms with Crippen molar-refractivity contribution < 1.29 is 4.79 Å². The van der Waals surface area contributed by atoms with Gasteiger partial charge < -0.3 is 4.90 Å². The second-order valence-corrected chi connectivity index (χ2v) is 8.57. The number of hydrogen-bond donors (Lipinski definition) is 2. The summed E-state index contributed by atoms with van der Waals surface area (Å²) in [5.74, 6) is 1.11. The third-order valence-corrected chi connectivity index (χ3v) is 6.87. The molecule has 3 heterocycles. The van der Waals surface area contributed by atoms with Gasteiger partial charge in [-0.15, -0.1) is 0 Å². The first-order valence-electron chi connectivity index (χ1n) is 10.4. The molecule has 1 aromatic rings. The van der Waals surface area contributed by atoms with E-state index in [2.05, 4.69) is 44.9 Å². The average Bonchev–Trinajstić information content (AvgIpc) is 3.44. The van der Waals surface area contributed by atoms with Gasteiger partial charge in [0.25, 0.3) is 0 Å². The lowest BCUT2D eigenvalue weighted by Gasteiger charge is -2.41. The van der Waals surface area contributed by atoms with E-state index < -0.39 is 0 Å². The Kier molecular flexibility index (Phi) is 4.47. The Morgan fingerprint density at radius 2 is 1.73 bits per heavy atom. The number of fused-ring (bicyclic) bond motifs is 1. The van der Waals surface area contributed by atoms with E-state index >= 15 is 0 Å². The Labute approximate surface area is 156 Å². The topological polar surface area (TPSA) is 47.6 Å². The molecule has 1 aromatic carbocycles. The predicted octanol–water partition coefficient (Wildman–Crippen LogP) is 1.68. The Morgan fingerprint density at radius 3 is 2.50 bits per heavy atom. The summed E-state index contributed by atoms with van der Waals surface area (Å²) >= 11 is 0. The van der Waals surface area contributed by atoms with Gasteiger partial charge in [0, 0.05) is 38.3 Å². The molecular weight excluding hydrogens is 324 g/mol. The van der Waals surface area contributed by atoms with Crippen molar-refractivity contribution in [1.29, 1.82) is 0 Å². The van der Waals surface area contributed by atoms with E-state index in [1.165, 1.54) is 24.0 Å². The van der Waals surface area contributed by atoms with Gasteiger partial charge in [-0.3, -0.25) is 15.1 Å². The largest absolute Gasteiger partial charge is 0.341 e. The zero-order valence-electron chi connectivity index (χ0n) is 15.5. The van der Waals surface area contributed by atoms with Crippen molar-refractivity contribution >= 4 is 5.91 Å². The van der Waals surface area contributed by atoms with E-state index in [9.17, 15) is 4.79 Å². The van der Waals surface area contributed by atoms with Gasteiger partial charge in [0.05, 0.1) is 0 Å². The van der Waals surface area contributed by atoms with Crippen molar-refractivity contribution in [2.24, 2.45) is 5.92 Å². The van der Waals surface area contributed by atoms with E-state index in [-0.39, 0.29) is 6.04 Å². The number of likely N-dealkylation sites (tertiary alicyclic amines) is 1. The number of nitrogens with one attached hydrogen (secondary N) is 2. The molecule has 2 atom stereocenters. The highest BCUT2D eigenvalue weighted by Crippen LogP contribution is 2.36. The van der Waals surface area contributed by atoms with Crippen molar-refractivity contribution in [2.45, 2.75) is 63.2 Å². The van der Waals surface area contributed by atoms with Crippen LogP contribution in [0.3, 0.4) is 0 Å². The van der Waals surface area contributed by atoms with E-state index in [1.807, 2.05) is 0 Å². The third kappa shape index (κ3) is 3.28. The van der Waals surface area contributed by atoms with Gasteiger partial charge in [0.1, 0.15) is 6.04 Å². The molecule has 5 heteroatoms. The molecule has 3 aliphatic heterocycles. The molecule has 1 saturated carbocycles. The number of hydrogen-bond acceptors (Lipinski definition) is 4. The number of rotatable bonds is 3. The quantitative estimate of drug-likeness (QED) is 0.867. The highest BCUT2D eigenvalue weighted by molar-refractivity contribution is 5.82. The summed E-state index contributed by atoms with van der Waals surface area (Å²) in [6.45, 7) is 4.06. The minimum atomic E-state index is -0.0148. The lowest BCUT2D eigenvalue weighted by molar-refractivity contribution is -0.134. The van der Waals surface area contributed by atoms with Crippen molar-refractivity contribution in [3.05, 3.63) is 35.4 Å². The Morgan fingerprint density at radius 1 is 0.962 bits per heavy atom. The maximum Gasteiger partial charge on any atom is 0.241 e. The lowest BCUT2D eigenvalue weighted by Crippen LogP contribution is -2.52. The molecule has 0 aromatic heterocycles. The van der Waals surface area contributed by atoms with E-state index in [0.29, 0.717) is 18.0 Å². The van der Waals surface area contributed by atoms with Crippen LogP contribution in [0.15, 0.2) is 24.3 Å². The number of benzene rings is 1. The first kappa shape index (κ1) is 16.7. The molecule has 5 nitrogen and oxygen atoms in total. The molecule has 0 radical (unpaired) electrons. The first-order valence-corrected chi connectivity index (χ1v) is 10.4. The third-order valence-electron chi connectivity index (χ3n) is 6.87. The van der Waals surface area contributed by atoms with Crippen LogP contribution in [0.5, 0.6) is 0 Å². The summed E-state index contributed by atoms with van der Waals surface area (Å²) in [4.78, 5) is 17.6. The van der Waals surface area contributed by atoms with Gasteiger partial charge in [-0.2, -0.15) is 0 Å². The fourth-order valence-electron chi connectivity index (χ4n) is 5.05. The first-order chi connectivity index (χ1) is 12.8. The van der Waals surface area contributed by atoms with Crippen LogP contribution >= 0.6 is 0 Å². The molecule has 1 aliphatic carbocycles. The molecule has 5 rings (SSSR count). The fourth-order valence-corrected chi connectivity index (χ4v) is 5.05. The highest BCUT2D eigenvalue weighted by Gasteiger charge is 2.40. The number of carbonyl (C=O) groups is 1. The number of hydrazine groups is 1. The maximum absolute atomic E-state index is 12.8. The van der Waals surface area contributed by atoms with Crippen molar-refractivity contribution in [3.63, 3.8) is 0 Å². The number of nitrogens with zero attached hydrogens (tertiary/aromatic N) is 2. The molecule has 4 aliphatic rings. The minimum Gasteiger partial charge on any atom is -0.341 e. The van der Waals surface area contributed by atoms with Crippen LogP contribution in [0.1, 0.15) is 43.2 Å². The molecule has 0 bridgehead atoms. The zero-order valence-corrected chi connectivity index (χ0v) is 15.5. The smallest absolute Gasteiger partial charge is 0.241 e. The summed E-state index contributed by atoms with van der Waals surface area (Å²) in [6, 6.07) is 9.97. The fraction of sp³-hybridized carbons (Fsp3) is 0.667. The predicted molar refractivity (Wildman–Crippen MR) is 101 cm³/mol. The molecule has 2 saturated heterocycles. The van der Waals surface area contributed by atoms with Crippen LogP contribution in [-0.4, -0.2) is 53.5 Å². The summed E-state index contributed by atoms with van der Waals surface area (Å²) in [5.41, 5.74) is 9.62. The second kappa shape index (κ2) is 6.95. The molecule has 26 heavy (non-hydrogen) atoms. The van der Waals surface area contributed by atoms with E-state index in [0.717, 1.165) is 57.8 Å². The van der Waals surface area contributed by atoms with Crippen molar-refractivity contribution in [2.75, 3.05) is 19.6 Å². The molecule has 0 spiro atoms. The summed E-state index contributed by atoms with van der Waals surface area (Å²) in [7, 11) is 0. The number of piperidine rings is 1. The number of carbonyl (C=O) groups excluding carboxylic acids is 1. The lowest BCUT2D eigenvalue weighted by atomic mass is 9.95. The SMILES string of the molecule is O=C(C1CC(C2CC2)NN1)N1CCC(N2CCc3ccccc3C2)CC1. The highest BCUT2D eigenvalue weighted by atomic mass is 16.2. The normalized spacial score (nSPS) is 30.4. The second-order valence-electron chi connectivity index (χ2n) is 8.57. The zero-order chi connectivity index (χ0) is 17.5. The van der Waals surface area contributed by atoms with Crippen LogP contribution in [0.4, 0.5) is 0 Å². The summed E-state index contributed by atoms with van der Waals surface area (Å²) in [6.07, 6.45) is 7.00. The molecule has 2 unspecified atom stereocenters. The summed E-state index contributed by atoms with van der Waals surface area (Å²) < 4.78 is 0. The van der Waals surface area contributed by atoms with Gasteiger partial charge in [-0.25, -0.2) is 5.43 Å². The Bertz CT molecular complexity index is 666. The standard InChI is InChI=1S/C21H30N4O/c26-21(20-13-19(22-23-20)16-5-6-16)24-11-8-18(9-12-24)25-10-7-15-3-1-2-4-17(15)14-25/h1-4,16,18-20,22-23H,5-14H2.